The molecule has 0 amide bonds. The van der Waals surface area contributed by atoms with Crippen molar-refractivity contribution in [2.45, 2.75) is 72.3 Å². The van der Waals surface area contributed by atoms with Crippen molar-refractivity contribution in [3.63, 3.8) is 0 Å². The zero-order valence-corrected chi connectivity index (χ0v) is 13.7. The Hall–Kier alpha value is -0.530. The van der Waals surface area contributed by atoms with Crippen LogP contribution in [-0.4, -0.2) is 11.6 Å². The summed E-state index contributed by atoms with van der Waals surface area (Å²) in [5.74, 6) is 3.50. The van der Waals surface area contributed by atoms with Crippen molar-refractivity contribution in [2.75, 3.05) is 0 Å². The topological polar surface area (TPSA) is 26.3 Å². The third kappa shape index (κ3) is 1.79. The van der Waals surface area contributed by atoms with Gasteiger partial charge in [0.2, 0.25) is 0 Å². The van der Waals surface area contributed by atoms with Crippen molar-refractivity contribution < 1.29 is 9.53 Å². The summed E-state index contributed by atoms with van der Waals surface area (Å²) in [6, 6.07) is 0. The first-order valence-corrected chi connectivity index (χ1v) is 8.54. The molecule has 0 N–H and O–H groups in total. The Morgan fingerprint density at radius 2 is 1.95 bits per heavy atom. The smallest absolute Gasteiger partial charge is 0.312 e. The van der Waals surface area contributed by atoms with Gasteiger partial charge in [0.25, 0.3) is 0 Å². The number of hydrogen-bond acceptors (Lipinski definition) is 2. The van der Waals surface area contributed by atoms with Crippen LogP contribution in [-0.2, 0) is 9.53 Å². The molecule has 2 heteroatoms. The summed E-state index contributed by atoms with van der Waals surface area (Å²) in [6.07, 6.45) is 6.15. The van der Waals surface area contributed by atoms with Gasteiger partial charge in [-0.1, -0.05) is 20.8 Å². The Morgan fingerprint density at radius 3 is 2.50 bits per heavy atom. The highest BCUT2D eigenvalue weighted by atomic mass is 16.6. The van der Waals surface area contributed by atoms with E-state index in [-0.39, 0.29) is 17.0 Å². The maximum Gasteiger partial charge on any atom is 0.312 e. The van der Waals surface area contributed by atoms with Gasteiger partial charge in [0, 0.05) is 5.92 Å². The minimum absolute atomic E-state index is 0.0321. The molecular weight excluding hydrogens is 248 g/mol. The molecule has 4 aliphatic carbocycles. The van der Waals surface area contributed by atoms with Gasteiger partial charge in [-0.25, -0.2) is 0 Å². The van der Waals surface area contributed by atoms with Crippen LogP contribution in [0, 0.1) is 35.0 Å². The molecule has 0 aliphatic heterocycles. The van der Waals surface area contributed by atoms with Gasteiger partial charge in [0.1, 0.15) is 5.60 Å². The summed E-state index contributed by atoms with van der Waals surface area (Å²) in [7, 11) is 0. The number of carbonyl (C=O) groups is 1. The number of rotatable bonds is 4. The number of hydrogen-bond donors (Lipinski definition) is 0. The van der Waals surface area contributed by atoms with Crippen LogP contribution in [0.4, 0.5) is 0 Å². The molecule has 4 bridgehead atoms. The Kier molecular flexibility index (Phi) is 3.23. The summed E-state index contributed by atoms with van der Waals surface area (Å²) in [5.41, 5.74) is -0.497. The lowest BCUT2D eigenvalue weighted by Gasteiger charge is -2.47. The Morgan fingerprint density at radius 1 is 1.25 bits per heavy atom. The Bertz CT molecular complexity index is 408. The zero-order valence-electron chi connectivity index (χ0n) is 13.7. The second-order valence-corrected chi connectivity index (χ2v) is 8.51. The van der Waals surface area contributed by atoms with Crippen LogP contribution < -0.4 is 0 Å². The SMILES string of the molecule is CCC(C)(C)C(=O)OC1(C(C)C)C2CC3CC(C2)C1C3. The molecule has 20 heavy (non-hydrogen) atoms. The van der Waals surface area contributed by atoms with Crippen LogP contribution in [0.1, 0.15) is 66.7 Å². The first-order chi connectivity index (χ1) is 9.31. The van der Waals surface area contributed by atoms with Gasteiger partial charge in [-0.3, -0.25) is 4.79 Å². The first-order valence-electron chi connectivity index (χ1n) is 8.54. The molecule has 4 saturated carbocycles. The maximum absolute atomic E-state index is 12.7. The molecule has 0 aromatic carbocycles. The van der Waals surface area contributed by atoms with E-state index in [2.05, 4.69) is 20.8 Å². The molecule has 0 heterocycles. The van der Waals surface area contributed by atoms with Gasteiger partial charge in [0.15, 0.2) is 0 Å². The second-order valence-electron chi connectivity index (χ2n) is 8.51. The van der Waals surface area contributed by atoms with E-state index in [1.807, 2.05) is 13.8 Å². The summed E-state index contributed by atoms with van der Waals surface area (Å²) in [5, 5.41) is 0. The summed E-state index contributed by atoms with van der Waals surface area (Å²) in [6.45, 7) is 10.7. The van der Waals surface area contributed by atoms with Gasteiger partial charge in [-0.15, -0.1) is 0 Å². The minimum Gasteiger partial charge on any atom is -0.458 e. The van der Waals surface area contributed by atoms with E-state index in [4.69, 9.17) is 4.74 Å². The van der Waals surface area contributed by atoms with Crippen molar-refractivity contribution in [3.05, 3.63) is 0 Å². The molecule has 5 unspecified atom stereocenters. The highest BCUT2D eigenvalue weighted by Crippen LogP contribution is 2.66. The average molecular weight is 278 g/mol. The van der Waals surface area contributed by atoms with Crippen molar-refractivity contribution in [1.82, 2.24) is 0 Å². The maximum atomic E-state index is 12.7. The van der Waals surface area contributed by atoms with E-state index in [1.165, 1.54) is 25.7 Å². The molecule has 0 aromatic heterocycles. The van der Waals surface area contributed by atoms with Crippen molar-refractivity contribution >= 4 is 5.97 Å². The van der Waals surface area contributed by atoms with Crippen molar-refractivity contribution in [2.24, 2.45) is 35.0 Å². The third-order valence-corrected chi connectivity index (χ3v) is 6.82. The monoisotopic (exact) mass is 278 g/mol. The average Bonchev–Trinajstić information content (AvgIpc) is 2.79. The van der Waals surface area contributed by atoms with Crippen LogP contribution in [0.2, 0.25) is 0 Å². The first kappa shape index (κ1) is 14.4. The fourth-order valence-electron chi connectivity index (χ4n) is 5.40. The predicted octanol–water partition coefficient (Wildman–Crippen LogP) is 4.43. The summed E-state index contributed by atoms with van der Waals surface area (Å²) < 4.78 is 6.34. The quantitative estimate of drug-likeness (QED) is 0.711. The zero-order chi connectivity index (χ0) is 14.7. The van der Waals surface area contributed by atoms with Crippen LogP contribution in [0.5, 0.6) is 0 Å². The third-order valence-electron chi connectivity index (χ3n) is 6.82. The minimum atomic E-state index is -0.346. The summed E-state index contributed by atoms with van der Waals surface area (Å²) in [4.78, 5) is 12.7. The van der Waals surface area contributed by atoms with Gasteiger partial charge in [0.05, 0.1) is 5.41 Å². The van der Waals surface area contributed by atoms with Crippen LogP contribution in [0.15, 0.2) is 0 Å². The van der Waals surface area contributed by atoms with Crippen LogP contribution in [0.25, 0.3) is 0 Å². The normalized spacial score (nSPS) is 42.5. The molecule has 114 valence electrons. The summed E-state index contributed by atoms with van der Waals surface area (Å²) >= 11 is 0. The van der Waals surface area contributed by atoms with Crippen LogP contribution in [0.3, 0.4) is 0 Å². The fourth-order valence-corrected chi connectivity index (χ4v) is 5.40. The van der Waals surface area contributed by atoms with E-state index in [0.717, 1.165) is 18.3 Å². The van der Waals surface area contributed by atoms with Crippen LogP contribution >= 0.6 is 0 Å². The molecule has 2 nitrogen and oxygen atoms in total. The van der Waals surface area contributed by atoms with Gasteiger partial charge in [-0.05, 0) is 69.6 Å². The fraction of sp³-hybridized carbons (Fsp3) is 0.944. The van der Waals surface area contributed by atoms with E-state index >= 15 is 0 Å². The molecule has 0 radical (unpaired) electrons. The largest absolute Gasteiger partial charge is 0.458 e. The lowest BCUT2D eigenvalue weighted by atomic mass is 9.67. The molecule has 5 atom stereocenters. The molecule has 4 fully saturated rings. The van der Waals surface area contributed by atoms with Crippen molar-refractivity contribution in [3.8, 4) is 0 Å². The Labute approximate surface area is 123 Å². The second kappa shape index (κ2) is 4.48. The molecule has 4 aliphatic rings. The van der Waals surface area contributed by atoms with Crippen molar-refractivity contribution in [1.29, 1.82) is 0 Å². The number of ether oxygens (including phenoxy) is 1. The molecule has 0 spiro atoms. The molecule has 0 saturated heterocycles. The highest BCUT2D eigenvalue weighted by molar-refractivity contribution is 5.76. The van der Waals surface area contributed by atoms with E-state index in [0.29, 0.717) is 17.8 Å². The number of esters is 1. The molecule has 4 rings (SSSR count). The van der Waals surface area contributed by atoms with Gasteiger partial charge in [-0.2, -0.15) is 0 Å². The standard InChI is InChI=1S/C18H30O2/c1-6-17(4,5)16(19)20-18(11(2)3)14-8-12-7-13(10-14)15(18)9-12/h11-15H,6-10H2,1-5H3. The van der Waals surface area contributed by atoms with E-state index in [1.54, 1.807) is 0 Å². The lowest BCUT2D eigenvalue weighted by molar-refractivity contribution is -0.194. The van der Waals surface area contributed by atoms with Gasteiger partial charge < -0.3 is 4.74 Å². The Balaban J connectivity index is 1.89. The highest BCUT2D eigenvalue weighted by Gasteiger charge is 2.66. The van der Waals surface area contributed by atoms with E-state index in [9.17, 15) is 4.79 Å². The van der Waals surface area contributed by atoms with E-state index < -0.39 is 0 Å². The van der Waals surface area contributed by atoms with Gasteiger partial charge >= 0.3 is 5.97 Å². The predicted molar refractivity (Wildman–Crippen MR) is 80.2 cm³/mol. The number of carbonyl (C=O) groups excluding carboxylic acids is 1. The lowest BCUT2D eigenvalue weighted by Crippen LogP contribution is -2.53. The molecular formula is C18H30O2. The molecule has 0 aromatic rings.